The highest BCUT2D eigenvalue weighted by atomic mass is 32.3. The van der Waals surface area contributed by atoms with E-state index in [0.717, 1.165) is 68.4 Å². The van der Waals surface area contributed by atoms with Crippen molar-refractivity contribution in [2.24, 2.45) is 0 Å². The molecular weight excluding hydrogens is 804 g/mol. The van der Waals surface area contributed by atoms with Gasteiger partial charge in [0.25, 0.3) is 0 Å². The molecule has 2 unspecified atom stereocenters. The van der Waals surface area contributed by atoms with Crippen LogP contribution in [0.5, 0.6) is 0 Å². The average molecular weight is 844 g/mol. The number of piperidine rings is 2. The lowest BCUT2D eigenvalue weighted by molar-refractivity contribution is -0.142. The summed E-state index contributed by atoms with van der Waals surface area (Å²) < 4.78 is 106. The first-order valence-electron chi connectivity index (χ1n) is 18.0. The maximum Gasteiger partial charge on any atom is 0.408 e. The van der Waals surface area contributed by atoms with Gasteiger partial charge in [0.2, 0.25) is 28.9 Å². The Kier molecular flexibility index (Phi) is 13.2. The summed E-state index contributed by atoms with van der Waals surface area (Å²) in [5.74, 6) is -1.85. The zero-order valence-electron chi connectivity index (χ0n) is 30.4. The predicted octanol–water partition coefficient (Wildman–Crippen LogP) is 6.48. The van der Waals surface area contributed by atoms with Crippen molar-refractivity contribution in [3.63, 3.8) is 0 Å². The molecule has 3 aliphatic rings. The number of imide groups is 1. The molecule has 2 atom stereocenters. The first-order valence-corrected chi connectivity index (χ1v) is 20.5. The maximum atomic E-state index is 15.0. The number of piperazine rings is 1. The standard InChI is InChI=1S/C27H33FN4O3S.C9H7F6N5S/c28-24-18-21(23-8-10-26(33)29-27(23)34)7-9-25(24)31-15-13-30(14-16-31)19-20-5-4-6-22(17-20)36(35)32-11-2-1-3-12-32;10-9(11,12)4-20-3-5(1-18-20)7-6(21(13,14)15)2-17-8(16)19-7/h4-7,9,17-18,23H,1-3,8,10-16,19H2,(H,29,33,34);1-3H,4H2,(H2,16,17,19). The molecule has 308 valence electrons. The van der Waals surface area contributed by atoms with Crippen LogP contribution < -0.4 is 16.0 Å². The fourth-order valence-electron chi connectivity index (χ4n) is 6.86. The minimum atomic E-state index is -5.66. The first-order chi connectivity index (χ1) is 27.0. The van der Waals surface area contributed by atoms with Crippen LogP contribution in [0.3, 0.4) is 0 Å². The van der Waals surface area contributed by atoms with Crippen molar-refractivity contribution in [3.05, 3.63) is 78.0 Å². The maximum absolute atomic E-state index is 15.0. The topological polar surface area (TPSA) is 143 Å². The van der Waals surface area contributed by atoms with Crippen molar-refractivity contribution >= 4 is 45.6 Å². The zero-order valence-corrected chi connectivity index (χ0v) is 32.1. The van der Waals surface area contributed by atoms with Gasteiger partial charge in [-0.15, -0.1) is 11.7 Å². The van der Waals surface area contributed by atoms with Gasteiger partial charge in [0, 0.05) is 64.0 Å². The summed E-state index contributed by atoms with van der Waals surface area (Å²) in [6, 6.07) is 13.1. The molecule has 0 spiro atoms. The first kappa shape index (κ1) is 42.0. The molecule has 0 bridgehead atoms. The third-order valence-electron chi connectivity index (χ3n) is 9.65. The van der Waals surface area contributed by atoms with E-state index in [1.807, 2.05) is 17.0 Å². The second-order valence-electron chi connectivity index (χ2n) is 13.8. The van der Waals surface area contributed by atoms with Crippen LogP contribution in [0.15, 0.2) is 70.8 Å². The van der Waals surface area contributed by atoms with Gasteiger partial charge in [-0.1, -0.05) is 24.6 Å². The normalized spacial score (nSPS) is 19.4. The van der Waals surface area contributed by atoms with Crippen LogP contribution in [0.25, 0.3) is 11.3 Å². The van der Waals surface area contributed by atoms with Crippen LogP contribution in [0.1, 0.15) is 49.1 Å². The van der Waals surface area contributed by atoms with Gasteiger partial charge in [0.15, 0.2) is 0 Å². The summed E-state index contributed by atoms with van der Waals surface area (Å²) in [5.41, 5.74) is 6.73. The molecule has 5 heterocycles. The van der Waals surface area contributed by atoms with Gasteiger partial charge in [0.1, 0.15) is 28.2 Å². The molecule has 4 aromatic rings. The van der Waals surface area contributed by atoms with Crippen molar-refractivity contribution < 1.29 is 43.0 Å². The number of halogens is 7. The van der Waals surface area contributed by atoms with Crippen molar-refractivity contribution in [2.75, 3.05) is 49.9 Å². The molecule has 3 fully saturated rings. The monoisotopic (exact) mass is 843 g/mol. The molecule has 3 N–H and O–H groups in total. The van der Waals surface area contributed by atoms with Crippen LogP contribution in [0.4, 0.5) is 40.9 Å². The van der Waals surface area contributed by atoms with Gasteiger partial charge in [-0.2, -0.15) is 18.3 Å². The Morgan fingerprint density at radius 1 is 0.947 bits per heavy atom. The molecule has 2 aromatic carbocycles. The van der Waals surface area contributed by atoms with E-state index in [9.17, 15) is 38.6 Å². The van der Waals surface area contributed by atoms with Gasteiger partial charge in [-0.25, -0.2) is 22.9 Å². The number of hydrogen-bond donors (Lipinski definition) is 2. The van der Waals surface area contributed by atoms with E-state index in [1.165, 1.54) is 12.5 Å². The molecule has 2 amide bonds. The van der Waals surface area contributed by atoms with Gasteiger partial charge < -0.3 is 10.6 Å². The van der Waals surface area contributed by atoms with Gasteiger partial charge in [-0.3, -0.25) is 24.5 Å². The molecule has 57 heavy (non-hydrogen) atoms. The van der Waals surface area contributed by atoms with E-state index < -0.39 is 57.3 Å². The van der Waals surface area contributed by atoms with E-state index in [4.69, 9.17) is 5.73 Å². The molecule has 21 heteroatoms. The number of nitrogens with two attached hydrogens (primary N) is 1. The summed E-state index contributed by atoms with van der Waals surface area (Å²) >= 11 is -5.66. The Balaban J connectivity index is 0.000000223. The molecule has 3 saturated heterocycles. The van der Waals surface area contributed by atoms with Gasteiger partial charge in [0.05, 0.1) is 34.6 Å². The zero-order chi connectivity index (χ0) is 40.9. The van der Waals surface area contributed by atoms with Crippen LogP contribution in [-0.4, -0.2) is 90.4 Å². The Hall–Kier alpha value is -4.60. The molecule has 12 nitrogen and oxygen atoms in total. The fraction of sp³-hybridized carbons (Fsp3) is 0.417. The van der Waals surface area contributed by atoms with Crippen molar-refractivity contribution in [1.29, 1.82) is 0 Å². The number of nitrogens with zero attached hydrogens (tertiary/aromatic N) is 7. The third-order valence-corrected chi connectivity index (χ3v) is 11.9. The Bertz CT molecular complexity index is 2090. The molecule has 0 saturated carbocycles. The van der Waals surface area contributed by atoms with Crippen molar-refractivity contribution in [3.8, 4) is 11.3 Å². The molecule has 0 radical (unpaired) electrons. The highest BCUT2D eigenvalue weighted by Gasteiger charge is 2.33. The number of nitrogens with one attached hydrogen (secondary N) is 1. The SMILES string of the molecule is Nc1ncc(S(F)(F)F)c(-c2cnn(CC(F)(F)F)c2)n1.O=C1CCC(c2ccc(N3CCN(Cc4cccc(S(=O)N5CCCCC5)c4)CC3)c(F)c2)C(=O)N1. The van der Waals surface area contributed by atoms with Crippen LogP contribution in [0.2, 0.25) is 0 Å². The number of rotatable bonds is 9. The van der Waals surface area contributed by atoms with E-state index in [0.29, 0.717) is 41.6 Å². The molecule has 3 aliphatic heterocycles. The number of anilines is 2. The Labute approximate surface area is 328 Å². The molecule has 7 rings (SSSR count). The van der Waals surface area contributed by atoms with Gasteiger partial charge >= 0.3 is 6.18 Å². The van der Waals surface area contributed by atoms with Crippen LogP contribution >= 0.6 is 11.2 Å². The Morgan fingerprint density at radius 2 is 1.68 bits per heavy atom. The van der Waals surface area contributed by atoms with Crippen LogP contribution in [-0.2, 0) is 33.7 Å². The van der Waals surface area contributed by atoms with Crippen molar-refractivity contribution in [1.82, 2.24) is 34.3 Å². The number of carbonyl (C=O) groups excluding carboxylic acids is 2. The summed E-state index contributed by atoms with van der Waals surface area (Å²) in [4.78, 5) is 34.4. The summed E-state index contributed by atoms with van der Waals surface area (Å²) in [7, 11) is -1.10. The lowest BCUT2D eigenvalue weighted by Crippen LogP contribution is -2.46. The fourth-order valence-corrected chi connectivity index (χ4v) is 8.75. The highest BCUT2D eigenvalue weighted by Crippen LogP contribution is 2.62. The summed E-state index contributed by atoms with van der Waals surface area (Å²) in [6.45, 7) is 4.15. The summed E-state index contributed by atoms with van der Waals surface area (Å²) in [6.07, 6.45) is 1.78. The predicted molar refractivity (Wildman–Crippen MR) is 200 cm³/mol. The second-order valence-corrected chi connectivity index (χ2v) is 16.5. The number of nitrogen functional groups attached to an aromatic ring is 1. The lowest BCUT2D eigenvalue weighted by Gasteiger charge is -2.36. The smallest absolute Gasteiger partial charge is 0.368 e. The highest BCUT2D eigenvalue weighted by molar-refractivity contribution is 8.21. The molecule has 2 aromatic heterocycles. The lowest BCUT2D eigenvalue weighted by atomic mass is 9.90. The van der Waals surface area contributed by atoms with E-state index in [2.05, 4.69) is 41.7 Å². The Morgan fingerprint density at radius 3 is 2.35 bits per heavy atom. The minimum Gasteiger partial charge on any atom is -0.368 e. The third kappa shape index (κ3) is 11.1. The average Bonchev–Trinajstić information content (AvgIpc) is 3.62. The number of carbonyl (C=O) groups is 2. The van der Waals surface area contributed by atoms with E-state index in [-0.39, 0.29) is 29.6 Å². The van der Waals surface area contributed by atoms with Crippen LogP contribution in [0, 0.1) is 5.82 Å². The molecule has 0 aliphatic carbocycles. The van der Waals surface area contributed by atoms with E-state index >= 15 is 4.39 Å². The second kappa shape index (κ2) is 17.9. The number of aromatic nitrogens is 4. The number of amides is 2. The summed E-state index contributed by atoms with van der Waals surface area (Å²) in [5, 5.41) is 5.71. The molecular formula is C36H40F7N9O3S2. The number of alkyl halides is 3. The minimum absolute atomic E-state index is 0.215. The quantitative estimate of drug-likeness (QED) is 0.143. The number of benzene rings is 2. The largest absolute Gasteiger partial charge is 0.408 e. The van der Waals surface area contributed by atoms with Crippen molar-refractivity contribution in [2.45, 2.75) is 67.1 Å². The number of hydrogen-bond acceptors (Lipinski definition) is 9. The van der Waals surface area contributed by atoms with Gasteiger partial charge in [-0.05, 0) is 54.7 Å². The van der Waals surface area contributed by atoms with E-state index in [1.54, 1.807) is 12.1 Å².